The molecule has 0 bridgehead atoms. The van der Waals surface area contributed by atoms with E-state index in [0.29, 0.717) is 5.41 Å². The van der Waals surface area contributed by atoms with Gasteiger partial charge in [-0.25, -0.2) is 0 Å². The molecule has 1 aromatic rings. The third-order valence-corrected chi connectivity index (χ3v) is 5.77. The molecule has 0 radical (unpaired) electrons. The summed E-state index contributed by atoms with van der Waals surface area (Å²) in [6.45, 7) is 7.77. The van der Waals surface area contributed by atoms with Crippen molar-refractivity contribution in [2.75, 3.05) is 6.54 Å². The van der Waals surface area contributed by atoms with Gasteiger partial charge in [0, 0.05) is 22.1 Å². The predicted molar refractivity (Wildman–Crippen MR) is 91.2 cm³/mol. The van der Waals surface area contributed by atoms with Gasteiger partial charge in [0.1, 0.15) is 0 Å². The second kappa shape index (κ2) is 5.44. The van der Waals surface area contributed by atoms with Crippen LogP contribution in [0, 0.1) is 17.3 Å². The van der Waals surface area contributed by atoms with E-state index in [4.69, 9.17) is 23.2 Å². The summed E-state index contributed by atoms with van der Waals surface area (Å²) in [5.74, 6) is 1.90. The molecule has 1 N–H and O–H groups in total. The third kappa shape index (κ3) is 3.57. The number of hydrogen-bond donors (Lipinski definition) is 1. The molecule has 0 amide bonds. The molecule has 2 atom stereocenters. The van der Waals surface area contributed by atoms with E-state index in [1.54, 1.807) is 0 Å². The summed E-state index contributed by atoms with van der Waals surface area (Å²) >= 11 is 12.8. The van der Waals surface area contributed by atoms with Gasteiger partial charge in [-0.3, -0.25) is 0 Å². The van der Waals surface area contributed by atoms with Crippen molar-refractivity contribution in [3.63, 3.8) is 0 Å². The number of rotatable bonds is 4. The molecule has 1 nitrogen and oxygen atoms in total. The second-order valence-corrected chi connectivity index (χ2v) is 8.96. The Hall–Kier alpha value is -0.240. The Labute approximate surface area is 138 Å². The fourth-order valence-corrected chi connectivity index (χ4v) is 4.42. The Morgan fingerprint density at radius 3 is 2.24 bits per heavy atom. The third-order valence-electron chi connectivity index (χ3n) is 5.07. The van der Waals surface area contributed by atoms with Crippen molar-refractivity contribution in [3.05, 3.63) is 33.8 Å². The minimum absolute atomic E-state index is 0.157. The largest absolute Gasteiger partial charge is 0.312 e. The molecule has 0 saturated heterocycles. The number of halogens is 2. The molecular weight excluding hydrogens is 301 g/mol. The minimum atomic E-state index is 0.157. The fraction of sp³-hybridized carbons (Fsp3) is 0.667. The number of hydrogen-bond acceptors (Lipinski definition) is 1. The first kappa shape index (κ1) is 15.6. The van der Waals surface area contributed by atoms with E-state index in [2.05, 4.69) is 26.1 Å². The highest BCUT2D eigenvalue weighted by atomic mass is 35.5. The summed E-state index contributed by atoms with van der Waals surface area (Å²) in [6, 6.07) is 5.85. The average molecular weight is 326 g/mol. The summed E-state index contributed by atoms with van der Waals surface area (Å²) < 4.78 is 0. The van der Waals surface area contributed by atoms with Crippen molar-refractivity contribution in [1.29, 1.82) is 0 Å². The molecule has 116 valence electrons. The monoisotopic (exact) mass is 325 g/mol. The number of nitrogens with one attached hydrogen (secondary N) is 1. The first-order chi connectivity index (χ1) is 9.78. The number of fused-ring (bicyclic) bond motifs is 1. The standard InChI is InChI=1S/C18H25Cl2N/c1-17(2,3)21-11-18(8-12-7-13(12)9-18)10-14-15(19)5-4-6-16(14)20/h4-6,12-13,21H,7-11H2,1-3H3. The van der Waals surface area contributed by atoms with Gasteiger partial charge in [0.2, 0.25) is 0 Å². The Bertz CT molecular complexity index is 502. The van der Waals surface area contributed by atoms with Crippen LogP contribution in [0.2, 0.25) is 10.0 Å². The summed E-state index contributed by atoms with van der Waals surface area (Å²) in [7, 11) is 0. The van der Waals surface area contributed by atoms with Crippen LogP contribution >= 0.6 is 23.2 Å². The quantitative estimate of drug-likeness (QED) is 0.787. The molecule has 3 rings (SSSR count). The maximum atomic E-state index is 6.40. The first-order valence-electron chi connectivity index (χ1n) is 7.96. The smallest absolute Gasteiger partial charge is 0.0453 e. The summed E-state index contributed by atoms with van der Waals surface area (Å²) in [5.41, 5.74) is 1.62. The van der Waals surface area contributed by atoms with E-state index >= 15 is 0 Å². The predicted octanol–water partition coefficient (Wildman–Crippen LogP) is 5.34. The van der Waals surface area contributed by atoms with Gasteiger partial charge in [-0.1, -0.05) is 29.3 Å². The van der Waals surface area contributed by atoms with Crippen molar-refractivity contribution in [2.24, 2.45) is 17.3 Å². The van der Waals surface area contributed by atoms with Gasteiger partial charge < -0.3 is 5.32 Å². The van der Waals surface area contributed by atoms with Crippen LogP contribution < -0.4 is 5.32 Å². The van der Waals surface area contributed by atoms with Crippen LogP contribution in [-0.2, 0) is 6.42 Å². The van der Waals surface area contributed by atoms with Crippen LogP contribution in [-0.4, -0.2) is 12.1 Å². The summed E-state index contributed by atoms with van der Waals surface area (Å²) in [5, 5.41) is 5.35. The zero-order valence-corrected chi connectivity index (χ0v) is 14.7. The molecule has 2 aliphatic rings. The molecule has 2 aliphatic carbocycles. The van der Waals surface area contributed by atoms with Crippen LogP contribution in [0.15, 0.2) is 18.2 Å². The molecule has 3 heteroatoms. The van der Waals surface area contributed by atoms with Crippen molar-refractivity contribution < 1.29 is 0 Å². The van der Waals surface area contributed by atoms with Crippen LogP contribution in [0.25, 0.3) is 0 Å². The van der Waals surface area contributed by atoms with Crippen molar-refractivity contribution >= 4 is 23.2 Å². The Kier molecular flexibility index (Phi) is 4.05. The molecule has 2 saturated carbocycles. The molecule has 2 fully saturated rings. The lowest BCUT2D eigenvalue weighted by molar-refractivity contribution is 0.222. The van der Waals surface area contributed by atoms with E-state index in [1.165, 1.54) is 19.3 Å². The summed E-state index contributed by atoms with van der Waals surface area (Å²) in [6.07, 6.45) is 5.08. The second-order valence-electron chi connectivity index (χ2n) is 8.14. The van der Waals surface area contributed by atoms with E-state index in [9.17, 15) is 0 Å². The highest BCUT2D eigenvalue weighted by Gasteiger charge is 2.53. The molecule has 0 heterocycles. The lowest BCUT2D eigenvalue weighted by atomic mass is 9.77. The van der Waals surface area contributed by atoms with Gasteiger partial charge in [-0.15, -0.1) is 0 Å². The van der Waals surface area contributed by atoms with Crippen LogP contribution in [0.3, 0.4) is 0 Å². The fourth-order valence-electron chi connectivity index (χ4n) is 3.89. The van der Waals surface area contributed by atoms with Gasteiger partial charge in [-0.2, -0.15) is 0 Å². The van der Waals surface area contributed by atoms with E-state index in [1.807, 2.05) is 18.2 Å². The SMILES string of the molecule is CC(C)(C)NCC1(Cc2c(Cl)cccc2Cl)CC2CC2C1. The van der Waals surface area contributed by atoms with Crippen molar-refractivity contribution in [1.82, 2.24) is 5.32 Å². The van der Waals surface area contributed by atoms with Crippen molar-refractivity contribution in [3.8, 4) is 0 Å². The van der Waals surface area contributed by atoms with Crippen LogP contribution in [0.5, 0.6) is 0 Å². The van der Waals surface area contributed by atoms with E-state index < -0.39 is 0 Å². The number of benzene rings is 1. The van der Waals surface area contributed by atoms with Crippen LogP contribution in [0.1, 0.15) is 45.6 Å². The van der Waals surface area contributed by atoms with E-state index in [-0.39, 0.29) is 5.54 Å². The topological polar surface area (TPSA) is 12.0 Å². The van der Waals surface area contributed by atoms with Crippen LogP contribution in [0.4, 0.5) is 0 Å². The van der Waals surface area contributed by atoms with Gasteiger partial charge >= 0.3 is 0 Å². The molecule has 2 unspecified atom stereocenters. The average Bonchev–Trinajstić information content (AvgIpc) is 3.00. The normalized spacial score (nSPS) is 31.3. The zero-order chi connectivity index (χ0) is 15.3. The summed E-state index contributed by atoms with van der Waals surface area (Å²) in [4.78, 5) is 0. The van der Waals surface area contributed by atoms with E-state index in [0.717, 1.165) is 40.4 Å². The van der Waals surface area contributed by atoms with Gasteiger partial charge in [0.25, 0.3) is 0 Å². The molecule has 21 heavy (non-hydrogen) atoms. The zero-order valence-electron chi connectivity index (χ0n) is 13.2. The highest BCUT2D eigenvalue weighted by Crippen LogP contribution is 2.61. The Morgan fingerprint density at radius 1 is 1.14 bits per heavy atom. The molecule has 0 aliphatic heterocycles. The Morgan fingerprint density at radius 2 is 1.71 bits per heavy atom. The van der Waals surface area contributed by atoms with Gasteiger partial charge in [-0.05, 0) is 81.4 Å². The Balaban J connectivity index is 1.80. The van der Waals surface area contributed by atoms with Gasteiger partial charge in [0.15, 0.2) is 0 Å². The molecule has 1 aromatic carbocycles. The molecular formula is C18H25Cl2N. The maximum Gasteiger partial charge on any atom is 0.0453 e. The first-order valence-corrected chi connectivity index (χ1v) is 8.72. The van der Waals surface area contributed by atoms with Gasteiger partial charge in [0.05, 0.1) is 0 Å². The molecule has 0 spiro atoms. The maximum absolute atomic E-state index is 6.40. The lowest BCUT2D eigenvalue weighted by Gasteiger charge is -2.35. The minimum Gasteiger partial charge on any atom is -0.312 e. The lowest BCUT2D eigenvalue weighted by Crippen LogP contribution is -2.44. The molecule has 0 aromatic heterocycles. The highest BCUT2D eigenvalue weighted by molar-refractivity contribution is 6.36. The van der Waals surface area contributed by atoms with Crippen molar-refractivity contribution in [2.45, 2.75) is 52.0 Å².